The standard InChI is InChI=1S/C16H23N3O6/c1-15(2,3)24-13(21)19(14(22)25-16(4,5)6)11-9-8-10(17-18-11)12(20)23-7/h8-9H,1-7H3. The molecule has 0 saturated carbocycles. The summed E-state index contributed by atoms with van der Waals surface area (Å²) in [5.74, 6) is -0.837. The Kier molecular flexibility index (Phi) is 6.06. The number of hydrogen-bond acceptors (Lipinski definition) is 8. The van der Waals surface area contributed by atoms with Crippen molar-refractivity contribution >= 4 is 24.0 Å². The van der Waals surface area contributed by atoms with Gasteiger partial charge in [-0.2, -0.15) is 4.90 Å². The Balaban J connectivity index is 3.19. The minimum absolute atomic E-state index is 0.0698. The van der Waals surface area contributed by atoms with Gasteiger partial charge in [0.25, 0.3) is 0 Å². The quantitative estimate of drug-likeness (QED) is 0.590. The van der Waals surface area contributed by atoms with Gasteiger partial charge < -0.3 is 14.2 Å². The maximum absolute atomic E-state index is 12.4. The number of amides is 2. The van der Waals surface area contributed by atoms with E-state index in [0.29, 0.717) is 4.90 Å². The summed E-state index contributed by atoms with van der Waals surface area (Å²) in [4.78, 5) is 36.8. The van der Waals surface area contributed by atoms with Crippen molar-refractivity contribution in [1.29, 1.82) is 0 Å². The minimum Gasteiger partial charge on any atom is -0.464 e. The molecule has 25 heavy (non-hydrogen) atoms. The van der Waals surface area contributed by atoms with Crippen LogP contribution in [0.3, 0.4) is 0 Å². The predicted octanol–water partition coefficient (Wildman–Crippen LogP) is 2.94. The average molecular weight is 353 g/mol. The van der Waals surface area contributed by atoms with E-state index in [1.807, 2.05) is 0 Å². The van der Waals surface area contributed by atoms with Crippen LogP contribution in [0.1, 0.15) is 52.0 Å². The van der Waals surface area contributed by atoms with Gasteiger partial charge in [-0.3, -0.25) is 0 Å². The van der Waals surface area contributed by atoms with Gasteiger partial charge in [-0.1, -0.05) is 0 Å². The molecule has 1 rings (SSSR count). The molecule has 0 atom stereocenters. The Labute approximate surface area is 146 Å². The number of methoxy groups -OCH3 is 1. The lowest BCUT2D eigenvalue weighted by Gasteiger charge is -2.27. The van der Waals surface area contributed by atoms with Gasteiger partial charge >= 0.3 is 18.2 Å². The van der Waals surface area contributed by atoms with Crippen molar-refractivity contribution in [1.82, 2.24) is 10.2 Å². The van der Waals surface area contributed by atoms with E-state index in [1.165, 1.54) is 19.2 Å². The molecule has 0 spiro atoms. The molecule has 0 N–H and O–H groups in total. The van der Waals surface area contributed by atoms with E-state index in [0.717, 1.165) is 0 Å². The fourth-order valence-electron chi connectivity index (χ4n) is 1.53. The number of carbonyl (C=O) groups is 3. The zero-order valence-corrected chi connectivity index (χ0v) is 15.4. The Morgan fingerprint density at radius 3 is 1.68 bits per heavy atom. The molecular formula is C16H23N3O6. The summed E-state index contributed by atoms with van der Waals surface area (Å²) in [5, 5.41) is 7.37. The number of esters is 1. The summed E-state index contributed by atoms with van der Waals surface area (Å²) in [6.07, 6.45) is -1.94. The van der Waals surface area contributed by atoms with Crippen molar-refractivity contribution in [2.75, 3.05) is 12.0 Å². The van der Waals surface area contributed by atoms with E-state index in [1.54, 1.807) is 41.5 Å². The van der Waals surface area contributed by atoms with E-state index in [2.05, 4.69) is 14.9 Å². The summed E-state index contributed by atoms with van der Waals surface area (Å²) in [6.45, 7) is 9.94. The molecule has 0 saturated heterocycles. The average Bonchev–Trinajstić information content (AvgIpc) is 2.43. The molecule has 138 valence electrons. The number of aromatic nitrogens is 2. The molecule has 0 bridgehead atoms. The SMILES string of the molecule is COC(=O)c1ccc(N(C(=O)OC(C)(C)C)C(=O)OC(C)(C)C)nn1. The van der Waals surface area contributed by atoms with Gasteiger partial charge in [0.15, 0.2) is 11.5 Å². The topological polar surface area (TPSA) is 108 Å². The third-order valence-electron chi connectivity index (χ3n) is 2.43. The lowest BCUT2D eigenvalue weighted by molar-refractivity contribution is 0.0428. The summed E-state index contributed by atoms with van der Waals surface area (Å²) < 4.78 is 15.0. The monoisotopic (exact) mass is 353 g/mol. The van der Waals surface area contributed by atoms with Crippen molar-refractivity contribution in [3.05, 3.63) is 17.8 Å². The van der Waals surface area contributed by atoms with Crippen LogP contribution in [0.5, 0.6) is 0 Å². The third-order valence-corrected chi connectivity index (χ3v) is 2.43. The first-order chi connectivity index (χ1) is 11.3. The number of ether oxygens (including phenoxy) is 3. The lowest BCUT2D eigenvalue weighted by Crippen LogP contribution is -2.44. The van der Waals surface area contributed by atoms with Crippen LogP contribution in [0.4, 0.5) is 15.4 Å². The molecule has 9 heteroatoms. The third kappa shape index (κ3) is 6.36. The maximum Gasteiger partial charge on any atom is 0.425 e. The number of carbonyl (C=O) groups excluding carboxylic acids is 3. The van der Waals surface area contributed by atoms with Crippen LogP contribution in [0.25, 0.3) is 0 Å². The first-order valence-electron chi connectivity index (χ1n) is 7.52. The normalized spacial score (nSPS) is 11.5. The van der Waals surface area contributed by atoms with Crippen LogP contribution in [0.15, 0.2) is 12.1 Å². The number of imide groups is 1. The Morgan fingerprint density at radius 1 is 0.880 bits per heavy atom. The Hall–Kier alpha value is -2.71. The molecule has 0 aliphatic rings. The minimum atomic E-state index is -0.970. The molecule has 0 unspecified atom stereocenters. The van der Waals surface area contributed by atoms with Gasteiger partial charge in [0.1, 0.15) is 11.2 Å². The van der Waals surface area contributed by atoms with Gasteiger partial charge in [-0.25, -0.2) is 14.4 Å². The van der Waals surface area contributed by atoms with Crippen LogP contribution in [-0.2, 0) is 14.2 Å². The molecule has 0 aliphatic carbocycles. The second kappa shape index (κ2) is 7.45. The van der Waals surface area contributed by atoms with E-state index >= 15 is 0 Å². The van der Waals surface area contributed by atoms with Gasteiger partial charge in [0, 0.05) is 0 Å². The summed E-state index contributed by atoms with van der Waals surface area (Å²) >= 11 is 0. The van der Waals surface area contributed by atoms with E-state index in [9.17, 15) is 14.4 Å². The van der Waals surface area contributed by atoms with Crippen molar-refractivity contribution in [3.63, 3.8) is 0 Å². The van der Waals surface area contributed by atoms with Crippen LogP contribution < -0.4 is 4.90 Å². The highest BCUT2D eigenvalue weighted by atomic mass is 16.6. The smallest absolute Gasteiger partial charge is 0.425 e. The molecule has 9 nitrogen and oxygen atoms in total. The van der Waals surface area contributed by atoms with Crippen molar-refractivity contribution in [2.45, 2.75) is 52.7 Å². The second-order valence-corrected chi connectivity index (χ2v) is 7.06. The van der Waals surface area contributed by atoms with Crippen LogP contribution in [-0.4, -0.2) is 46.7 Å². The second-order valence-electron chi connectivity index (χ2n) is 7.06. The van der Waals surface area contributed by atoms with Gasteiger partial charge in [-0.15, -0.1) is 10.2 Å². The molecule has 0 radical (unpaired) electrons. The number of rotatable bonds is 2. The molecule has 0 fully saturated rings. The highest BCUT2D eigenvalue weighted by molar-refractivity contribution is 6.08. The van der Waals surface area contributed by atoms with Crippen LogP contribution in [0.2, 0.25) is 0 Å². The van der Waals surface area contributed by atoms with Crippen molar-refractivity contribution in [3.8, 4) is 0 Å². The molecule has 0 aromatic carbocycles. The number of hydrogen-bond donors (Lipinski definition) is 0. The lowest BCUT2D eigenvalue weighted by atomic mass is 10.2. The maximum atomic E-state index is 12.4. The number of nitrogens with zero attached hydrogens (tertiary/aromatic N) is 3. The van der Waals surface area contributed by atoms with Crippen molar-refractivity contribution in [2.24, 2.45) is 0 Å². The van der Waals surface area contributed by atoms with Crippen molar-refractivity contribution < 1.29 is 28.6 Å². The van der Waals surface area contributed by atoms with Crippen LogP contribution >= 0.6 is 0 Å². The Bertz CT molecular complexity index is 615. The molecule has 0 aliphatic heterocycles. The first kappa shape index (κ1) is 20.3. The summed E-state index contributed by atoms with van der Waals surface area (Å²) in [6, 6.07) is 2.54. The highest BCUT2D eigenvalue weighted by Crippen LogP contribution is 2.19. The number of anilines is 1. The van der Waals surface area contributed by atoms with E-state index < -0.39 is 29.4 Å². The fourth-order valence-corrected chi connectivity index (χ4v) is 1.53. The highest BCUT2D eigenvalue weighted by Gasteiger charge is 2.33. The molecule has 1 aromatic heterocycles. The van der Waals surface area contributed by atoms with E-state index in [-0.39, 0.29) is 11.5 Å². The zero-order valence-electron chi connectivity index (χ0n) is 15.4. The first-order valence-corrected chi connectivity index (χ1v) is 7.52. The molecule has 2 amide bonds. The van der Waals surface area contributed by atoms with Gasteiger partial charge in [-0.05, 0) is 53.7 Å². The summed E-state index contributed by atoms with van der Waals surface area (Å²) in [5.41, 5.74) is -1.74. The predicted molar refractivity (Wildman–Crippen MR) is 88.3 cm³/mol. The van der Waals surface area contributed by atoms with Gasteiger partial charge in [0.2, 0.25) is 0 Å². The summed E-state index contributed by atoms with van der Waals surface area (Å²) in [7, 11) is 1.20. The Morgan fingerprint density at radius 2 is 1.36 bits per heavy atom. The molecule has 1 aromatic rings. The fraction of sp³-hybridized carbons (Fsp3) is 0.562. The molecule has 1 heterocycles. The zero-order chi connectivity index (χ0) is 19.4. The van der Waals surface area contributed by atoms with Crippen LogP contribution in [0, 0.1) is 0 Å². The van der Waals surface area contributed by atoms with E-state index in [4.69, 9.17) is 9.47 Å². The molecular weight excluding hydrogens is 330 g/mol. The van der Waals surface area contributed by atoms with Gasteiger partial charge in [0.05, 0.1) is 7.11 Å². The largest absolute Gasteiger partial charge is 0.464 e.